The summed E-state index contributed by atoms with van der Waals surface area (Å²) in [4.78, 5) is 72.5. The molecule has 2 aromatic carbocycles. The Morgan fingerprint density at radius 2 is 1.03 bits per heavy atom. The molecule has 0 aliphatic rings. The zero-order valence-electron chi connectivity index (χ0n) is 37.0. The highest BCUT2D eigenvalue weighted by molar-refractivity contribution is 7.54. The molecule has 3 aromatic rings. The Kier molecular flexibility index (Phi) is 25.9. The molecule has 0 aliphatic heterocycles. The third-order valence-corrected chi connectivity index (χ3v) is 14.5. The number of anilines is 1. The van der Waals surface area contributed by atoms with E-state index < -0.39 is 38.4 Å². The van der Waals surface area contributed by atoms with E-state index >= 15 is 0 Å². The first-order valence-electron chi connectivity index (χ1n) is 22.9. The van der Waals surface area contributed by atoms with Crippen LogP contribution in [0.15, 0.2) is 58.8 Å². The fourth-order valence-electron chi connectivity index (χ4n) is 7.31. The van der Waals surface area contributed by atoms with E-state index in [4.69, 9.17) is 9.47 Å². The molecular formula is C45H72N4O10P2S. The SMILES string of the molecule is CCCCCCCCCCCCC(C(=O)OCCN(CCOC(=O)C(CCCCCCCCCCCC)P(=O)(O)O)c1ccc(N=Nc2nc3ccccc3s2)cc1)P(=O)(O)O. The van der Waals surface area contributed by atoms with Crippen molar-refractivity contribution in [2.45, 2.75) is 166 Å². The van der Waals surface area contributed by atoms with Gasteiger partial charge < -0.3 is 33.9 Å². The molecule has 3 rings (SSSR count). The number of fused-ring (bicyclic) bond motifs is 1. The van der Waals surface area contributed by atoms with E-state index in [2.05, 4.69) is 29.1 Å². The number of azo groups is 1. The van der Waals surface area contributed by atoms with Crippen molar-refractivity contribution in [3.63, 3.8) is 0 Å². The van der Waals surface area contributed by atoms with Gasteiger partial charge in [-0.2, -0.15) is 0 Å². The van der Waals surface area contributed by atoms with Gasteiger partial charge in [-0.25, -0.2) is 4.98 Å². The van der Waals surface area contributed by atoms with Gasteiger partial charge in [0.05, 0.1) is 29.0 Å². The highest BCUT2D eigenvalue weighted by Gasteiger charge is 2.37. The van der Waals surface area contributed by atoms with Crippen LogP contribution in [0.3, 0.4) is 0 Å². The molecule has 0 saturated heterocycles. The molecule has 2 unspecified atom stereocenters. The lowest BCUT2D eigenvalue weighted by Crippen LogP contribution is -2.34. The zero-order valence-corrected chi connectivity index (χ0v) is 39.6. The maximum absolute atomic E-state index is 13.1. The van der Waals surface area contributed by atoms with Crippen molar-refractivity contribution in [1.82, 2.24) is 4.98 Å². The van der Waals surface area contributed by atoms with Crippen LogP contribution in [0.1, 0.15) is 155 Å². The third-order valence-electron chi connectivity index (χ3n) is 11.0. The lowest BCUT2D eigenvalue weighted by atomic mass is 10.1. The highest BCUT2D eigenvalue weighted by atomic mass is 32.1. The normalized spacial score (nSPS) is 13.1. The predicted octanol–water partition coefficient (Wildman–Crippen LogP) is 12.3. The van der Waals surface area contributed by atoms with Gasteiger partial charge in [0.25, 0.3) is 0 Å². The van der Waals surface area contributed by atoms with Crippen LogP contribution in [0.4, 0.5) is 16.5 Å². The zero-order chi connectivity index (χ0) is 45.1. The van der Waals surface area contributed by atoms with E-state index in [1.54, 1.807) is 29.2 Å². The van der Waals surface area contributed by atoms with Crippen LogP contribution in [-0.2, 0) is 28.2 Å². The van der Waals surface area contributed by atoms with Crippen molar-refractivity contribution in [2.75, 3.05) is 31.2 Å². The number of benzene rings is 2. The van der Waals surface area contributed by atoms with Crippen LogP contribution in [0, 0.1) is 0 Å². The van der Waals surface area contributed by atoms with Crippen molar-refractivity contribution in [2.24, 2.45) is 10.2 Å². The van der Waals surface area contributed by atoms with Crippen molar-refractivity contribution < 1.29 is 47.8 Å². The number of carbonyl (C=O) groups is 2. The molecule has 17 heteroatoms. The predicted molar refractivity (Wildman–Crippen MR) is 249 cm³/mol. The van der Waals surface area contributed by atoms with Crippen LogP contribution in [-0.4, -0.2) is 74.1 Å². The number of carbonyl (C=O) groups excluding carboxylic acids is 2. The summed E-state index contributed by atoms with van der Waals surface area (Å²) in [5.74, 6) is -1.94. The van der Waals surface area contributed by atoms with Crippen LogP contribution < -0.4 is 4.90 Å². The highest BCUT2D eigenvalue weighted by Crippen LogP contribution is 2.45. The van der Waals surface area contributed by atoms with Crippen molar-refractivity contribution in [3.8, 4) is 0 Å². The minimum atomic E-state index is -4.78. The molecule has 0 radical (unpaired) electrons. The molecule has 4 N–H and O–H groups in total. The van der Waals surface area contributed by atoms with Gasteiger partial charge in [-0.15, -0.1) is 10.2 Å². The number of unbranched alkanes of at least 4 members (excludes halogenated alkanes) is 18. The number of ether oxygens (including phenoxy) is 2. The number of para-hydroxylation sites is 1. The number of esters is 2. The standard InChI is InChI=1S/C45H72N4O10P2S/c1-3-5-7-9-11-13-15-17-19-21-26-40(60(52,53)54)43(50)58-35-33-49(38-31-29-37(30-32-38)47-48-45-46-39-25-23-24-28-42(39)62-45)34-36-59-44(51)41(61(55,56)57)27-22-20-18-16-14-12-10-8-6-4-2/h23-25,28-32,40-41H,3-22,26-27,33-36H2,1-2H3,(H2,52,53,54)(H2,55,56,57). The summed E-state index contributed by atoms with van der Waals surface area (Å²) < 4.78 is 36.6. The summed E-state index contributed by atoms with van der Waals surface area (Å²) in [6.07, 6.45) is 21.0. The van der Waals surface area contributed by atoms with Gasteiger partial charge in [0.15, 0.2) is 11.3 Å². The van der Waals surface area contributed by atoms with Crippen LogP contribution in [0.2, 0.25) is 0 Å². The fraction of sp³-hybridized carbons (Fsp3) is 0.667. The van der Waals surface area contributed by atoms with Crippen LogP contribution >= 0.6 is 26.5 Å². The summed E-state index contributed by atoms with van der Waals surface area (Å²) in [5, 5.41) is 9.10. The minimum absolute atomic E-state index is 0.0200. The number of hydrogen-bond donors (Lipinski definition) is 4. The Morgan fingerprint density at radius 1 is 0.613 bits per heavy atom. The molecule has 0 amide bonds. The topological polar surface area (TPSA) is 209 Å². The molecule has 1 heterocycles. The van der Waals surface area contributed by atoms with E-state index in [0.717, 1.165) is 61.6 Å². The second-order valence-electron chi connectivity index (χ2n) is 16.2. The minimum Gasteiger partial charge on any atom is -0.463 e. The van der Waals surface area contributed by atoms with Gasteiger partial charge in [-0.1, -0.05) is 166 Å². The van der Waals surface area contributed by atoms with Crippen LogP contribution in [0.5, 0.6) is 0 Å². The average molecular weight is 923 g/mol. The lowest BCUT2D eigenvalue weighted by molar-refractivity contribution is -0.143. The number of rotatable bonds is 35. The van der Waals surface area contributed by atoms with Gasteiger partial charge in [0, 0.05) is 5.69 Å². The molecule has 0 aliphatic carbocycles. The van der Waals surface area contributed by atoms with Crippen LogP contribution in [0.25, 0.3) is 10.2 Å². The first-order valence-corrected chi connectivity index (χ1v) is 27.1. The fourth-order valence-corrected chi connectivity index (χ4v) is 9.83. The number of thiazole rings is 1. The summed E-state index contributed by atoms with van der Waals surface area (Å²) >= 11 is 1.41. The van der Waals surface area contributed by atoms with E-state index in [1.165, 1.54) is 75.5 Å². The maximum atomic E-state index is 13.1. The monoisotopic (exact) mass is 922 g/mol. The Labute approximate surface area is 373 Å². The summed E-state index contributed by atoms with van der Waals surface area (Å²) in [5.41, 5.74) is -1.13. The molecule has 0 spiro atoms. The first-order chi connectivity index (χ1) is 29.8. The number of nitrogens with zero attached hydrogens (tertiary/aromatic N) is 4. The molecule has 0 bridgehead atoms. The third kappa shape index (κ3) is 21.6. The van der Waals surface area contributed by atoms with Gasteiger partial charge in [0.2, 0.25) is 5.13 Å². The summed E-state index contributed by atoms with van der Waals surface area (Å²) in [6.45, 7) is 4.09. The average Bonchev–Trinajstić information content (AvgIpc) is 3.66. The smallest absolute Gasteiger partial charge is 0.339 e. The number of hydrogen-bond acceptors (Lipinski definition) is 11. The molecule has 2 atom stereocenters. The van der Waals surface area contributed by atoms with Gasteiger partial charge in [-0.3, -0.25) is 18.7 Å². The maximum Gasteiger partial charge on any atom is 0.339 e. The Balaban J connectivity index is 1.59. The second kappa shape index (κ2) is 30.2. The molecule has 348 valence electrons. The van der Waals surface area contributed by atoms with E-state index in [1.807, 2.05) is 24.3 Å². The number of aromatic nitrogens is 1. The quantitative estimate of drug-likeness (QED) is 0.0188. The largest absolute Gasteiger partial charge is 0.463 e. The molecule has 0 fully saturated rings. The lowest BCUT2D eigenvalue weighted by Gasteiger charge is -2.26. The molecule has 1 aromatic heterocycles. The van der Waals surface area contributed by atoms with E-state index in [9.17, 15) is 38.3 Å². The molecular weight excluding hydrogens is 851 g/mol. The van der Waals surface area contributed by atoms with Crippen molar-refractivity contribution in [3.05, 3.63) is 48.5 Å². The summed E-state index contributed by atoms with van der Waals surface area (Å²) in [7, 11) is -9.56. The molecule has 14 nitrogen and oxygen atoms in total. The molecule has 0 saturated carbocycles. The second-order valence-corrected chi connectivity index (χ2v) is 20.8. The Bertz CT molecular complexity index is 1730. The van der Waals surface area contributed by atoms with Gasteiger partial charge >= 0.3 is 27.1 Å². The van der Waals surface area contributed by atoms with E-state index in [-0.39, 0.29) is 39.1 Å². The van der Waals surface area contributed by atoms with Gasteiger partial charge in [0.1, 0.15) is 13.2 Å². The Hall–Kier alpha value is -3.03. The first kappa shape index (κ1) is 53.3. The molecule has 62 heavy (non-hydrogen) atoms. The summed E-state index contributed by atoms with van der Waals surface area (Å²) in [6, 6.07) is 14.7. The van der Waals surface area contributed by atoms with E-state index in [0.29, 0.717) is 29.3 Å². The Morgan fingerprint density at radius 3 is 1.45 bits per heavy atom. The van der Waals surface area contributed by atoms with Crippen molar-refractivity contribution in [1.29, 1.82) is 0 Å². The van der Waals surface area contributed by atoms with Gasteiger partial charge in [-0.05, 0) is 49.2 Å². The van der Waals surface area contributed by atoms with Crippen molar-refractivity contribution >= 4 is 65.2 Å².